The fraction of sp³-hybridized carbons (Fsp3) is 0.182. The molecule has 1 aliphatic rings. The molecule has 0 radical (unpaired) electrons. The van der Waals surface area contributed by atoms with E-state index in [2.05, 4.69) is 15.0 Å². The van der Waals surface area contributed by atoms with Crippen molar-refractivity contribution >= 4 is 0 Å². The third-order valence-corrected chi connectivity index (χ3v) is 2.35. The second kappa shape index (κ2) is 3.77. The van der Waals surface area contributed by atoms with E-state index in [0.717, 1.165) is 22.9 Å². The fourth-order valence-corrected chi connectivity index (χ4v) is 1.59. The molecule has 5 heteroatoms. The summed E-state index contributed by atoms with van der Waals surface area (Å²) in [5, 5.41) is 0. The monoisotopic (exact) mass is 215 g/mol. The van der Waals surface area contributed by atoms with Crippen LogP contribution in [0.3, 0.4) is 0 Å². The summed E-state index contributed by atoms with van der Waals surface area (Å²) in [7, 11) is 0. The van der Waals surface area contributed by atoms with Gasteiger partial charge in [-0.3, -0.25) is 0 Å². The van der Waals surface area contributed by atoms with E-state index in [-0.39, 0.29) is 0 Å². The summed E-state index contributed by atoms with van der Waals surface area (Å²) >= 11 is 0. The molecule has 16 heavy (non-hydrogen) atoms. The van der Waals surface area contributed by atoms with Gasteiger partial charge in [-0.25, -0.2) is 15.0 Å². The lowest BCUT2D eigenvalue weighted by molar-refractivity contribution is 0.174. The minimum atomic E-state index is 0.296. The highest BCUT2D eigenvalue weighted by atomic mass is 16.7. The lowest BCUT2D eigenvalue weighted by atomic mass is 10.1. The predicted octanol–water partition coefficient (Wildman–Crippen LogP) is 1.19. The van der Waals surface area contributed by atoms with Crippen LogP contribution < -0.4 is 9.47 Å². The van der Waals surface area contributed by atoms with Crippen LogP contribution in [0.2, 0.25) is 0 Å². The van der Waals surface area contributed by atoms with Crippen LogP contribution in [0.1, 0.15) is 11.4 Å². The van der Waals surface area contributed by atoms with Crippen molar-refractivity contribution in [2.45, 2.75) is 6.42 Å². The molecule has 0 fully saturated rings. The summed E-state index contributed by atoms with van der Waals surface area (Å²) in [5.41, 5.74) is 1.09. The molecule has 0 atom stereocenters. The van der Waals surface area contributed by atoms with Crippen LogP contribution in [-0.2, 0) is 6.42 Å². The molecule has 2 aromatic rings. The molecule has 1 aromatic heterocycles. The molecular formula is C11H9N3O2. The van der Waals surface area contributed by atoms with Crippen LogP contribution in [0.15, 0.2) is 30.9 Å². The molecule has 1 aliphatic heterocycles. The van der Waals surface area contributed by atoms with Gasteiger partial charge >= 0.3 is 0 Å². The van der Waals surface area contributed by atoms with E-state index in [1.807, 2.05) is 18.2 Å². The van der Waals surface area contributed by atoms with E-state index < -0.39 is 0 Å². The first-order valence-electron chi connectivity index (χ1n) is 4.91. The number of hydrogen-bond acceptors (Lipinski definition) is 5. The largest absolute Gasteiger partial charge is 0.454 e. The number of benzene rings is 1. The van der Waals surface area contributed by atoms with Crippen LogP contribution >= 0.6 is 0 Å². The van der Waals surface area contributed by atoms with Gasteiger partial charge in [0.15, 0.2) is 11.5 Å². The van der Waals surface area contributed by atoms with Crippen LogP contribution in [0.4, 0.5) is 0 Å². The Morgan fingerprint density at radius 1 is 1.06 bits per heavy atom. The quantitative estimate of drug-likeness (QED) is 0.753. The van der Waals surface area contributed by atoms with Crippen molar-refractivity contribution < 1.29 is 9.47 Å². The van der Waals surface area contributed by atoms with Crippen LogP contribution in [-0.4, -0.2) is 21.7 Å². The Kier molecular flexibility index (Phi) is 2.14. The van der Waals surface area contributed by atoms with Crippen LogP contribution in [0, 0.1) is 0 Å². The summed E-state index contributed by atoms with van der Waals surface area (Å²) in [6.45, 7) is 0.296. The van der Waals surface area contributed by atoms with Crippen molar-refractivity contribution in [3.63, 3.8) is 0 Å². The van der Waals surface area contributed by atoms with Crippen molar-refractivity contribution in [3.05, 3.63) is 42.2 Å². The Labute approximate surface area is 92.1 Å². The molecule has 0 unspecified atom stereocenters. The lowest BCUT2D eigenvalue weighted by Gasteiger charge is -2.01. The summed E-state index contributed by atoms with van der Waals surface area (Å²) in [5.74, 6) is 2.32. The first-order chi connectivity index (χ1) is 7.92. The predicted molar refractivity (Wildman–Crippen MR) is 55.2 cm³/mol. The Hall–Kier alpha value is -2.17. The Morgan fingerprint density at radius 3 is 2.75 bits per heavy atom. The molecule has 0 amide bonds. The number of ether oxygens (including phenoxy) is 2. The van der Waals surface area contributed by atoms with Gasteiger partial charge < -0.3 is 9.47 Å². The second-order valence-corrected chi connectivity index (χ2v) is 3.42. The summed E-state index contributed by atoms with van der Waals surface area (Å²) in [6.07, 6.45) is 3.66. The van der Waals surface area contributed by atoms with E-state index in [1.165, 1.54) is 12.7 Å². The number of hydrogen-bond donors (Lipinski definition) is 0. The highest BCUT2D eigenvalue weighted by molar-refractivity contribution is 5.44. The van der Waals surface area contributed by atoms with E-state index in [0.29, 0.717) is 13.2 Å². The maximum Gasteiger partial charge on any atom is 0.231 e. The first-order valence-corrected chi connectivity index (χ1v) is 4.91. The fourth-order valence-electron chi connectivity index (χ4n) is 1.59. The van der Waals surface area contributed by atoms with E-state index in [9.17, 15) is 0 Å². The lowest BCUT2D eigenvalue weighted by Crippen LogP contribution is -1.96. The molecular weight excluding hydrogens is 206 g/mol. The van der Waals surface area contributed by atoms with Crippen molar-refractivity contribution in [1.82, 2.24) is 15.0 Å². The molecule has 0 aliphatic carbocycles. The molecule has 1 aromatic carbocycles. The number of aromatic nitrogens is 3. The van der Waals surface area contributed by atoms with Gasteiger partial charge in [-0.05, 0) is 17.7 Å². The molecule has 5 nitrogen and oxygen atoms in total. The summed E-state index contributed by atoms with van der Waals surface area (Å²) in [4.78, 5) is 11.9. The minimum Gasteiger partial charge on any atom is -0.454 e. The highest BCUT2D eigenvalue weighted by Crippen LogP contribution is 2.32. The van der Waals surface area contributed by atoms with Crippen molar-refractivity contribution in [1.29, 1.82) is 0 Å². The van der Waals surface area contributed by atoms with Crippen molar-refractivity contribution in [3.8, 4) is 11.5 Å². The smallest absolute Gasteiger partial charge is 0.231 e. The number of fused-ring (bicyclic) bond motifs is 1. The molecule has 0 saturated carbocycles. The standard InChI is InChI=1S/C11H9N3O2/c1-2-9-10(16-7-15-9)3-8(1)4-11-13-5-12-6-14-11/h1-3,5-6H,4,7H2. The maximum absolute atomic E-state index is 5.30. The molecule has 80 valence electrons. The Morgan fingerprint density at radius 2 is 1.88 bits per heavy atom. The van der Waals surface area contributed by atoms with Crippen LogP contribution in [0.5, 0.6) is 11.5 Å². The van der Waals surface area contributed by atoms with Crippen LogP contribution in [0.25, 0.3) is 0 Å². The molecule has 0 saturated heterocycles. The Bertz CT molecular complexity index is 502. The molecule has 3 rings (SSSR count). The summed E-state index contributed by atoms with van der Waals surface area (Å²) < 4.78 is 10.5. The van der Waals surface area contributed by atoms with Gasteiger partial charge in [-0.15, -0.1) is 0 Å². The van der Waals surface area contributed by atoms with E-state index in [1.54, 1.807) is 0 Å². The molecule has 0 spiro atoms. The van der Waals surface area contributed by atoms with E-state index in [4.69, 9.17) is 9.47 Å². The third-order valence-electron chi connectivity index (χ3n) is 2.35. The average molecular weight is 215 g/mol. The molecule has 2 heterocycles. The Balaban J connectivity index is 1.86. The van der Waals surface area contributed by atoms with Gasteiger partial charge in [0, 0.05) is 6.42 Å². The van der Waals surface area contributed by atoms with Gasteiger partial charge in [-0.1, -0.05) is 6.07 Å². The zero-order valence-electron chi connectivity index (χ0n) is 8.46. The topological polar surface area (TPSA) is 57.1 Å². The first kappa shape index (κ1) is 9.08. The van der Waals surface area contributed by atoms with Gasteiger partial charge in [0.2, 0.25) is 6.79 Å². The van der Waals surface area contributed by atoms with Crippen molar-refractivity contribution in [2.75, 3.05) is 6.79 Å². The minimum absolute atomic E-state index is 0.296. The van der Waals surface area contributed by atoms with Gasteiger partial charge in [0.05, 0.1) is 0 Å². The summed E-state index contributed by atoms with van der Waals surface area (Å²) in [6, 6.07) is 5.84. The number of nitrogens with zero attached hydrogens (tertiary/aromatic N) is 3. The SMILES string of the molecule is c1ncnc(Cc2ccc3c(c2)OCO3)n1. The number of rotatable bonds is 2. The molecule has 0 N–H and O–H groups in total. The third kappa shape index (κ3) is 1.67. The second-order valence-electron chi connectivity index (χ2n) is 3.42. The van der Waals surface area contributed by atoms with E-state index >= 15 is 0 Å². The zero-order chi connectivity index (χ0) is 10.8. The average Bonchev–Trinajstić information content (AvgIpc) is 2.77. The van der Waals surface area contributed by atoms with Gasteiger partial charge in [-0.2, -0.15) is 0 Å². The van der Waals surface area contributed by atoms with Gasteiger partial charge in [0.25, 0.3) is 0 Å². The zero-order valence-corrected chi connectivity index (χ0v) is 8.46. The highest BCUT2D eigenvalue weighted by Gasteiger charge is 2.13. The van der Waals surface area contributed by atoms with Crippen molar-refractivity contribution in [2.24, 2.45) is 0 Å². The van der Waals surface area contributed by atoms with Gasteiger partial charge in [0.1, 0.15) is 18.5 Å². The normalized spacial score (nSPS) is 12.8. The maximum atomic E-state index is 5.30. The molecule has 0 bridgehead atoms.